The van der Waals surface area contributed by atoms with Crippen LogP contribution in [0.1, 0.15) is 37.9 Å². The molecule has 0 saturated carbocycles. The maximum Gasteiger partial charge on any atom is 0.338 e. The highest BCUT2D eigenvalue weighted by Gasteiger charge is 2.32. The van der Waals surface area contributed by atoms with Crippen molar-refractivity contribution in [1.82, 2.24) is 16.1 Å². The molecule has 2 aromatic carbocycles. The van der Waals surface area contributed by atoms with Crippen LogP contribution in [0.5, 0.6) is 11.5 Å². The molecule has 2 aromatic rings. The average Bonchev–Trinajstić information content (AvgIpc) is 2.84. The fourth-order valence-corrected chi connectivity index (χ4v) is 3.75. The molecule has 0 bridgehead atoms. The third kappa shape index (κ3) is 6.80. The van der Waals surface area contributed by atoms with Gasteiger partial charge >= 0.3 is 5.97 Å². The Hall–Kier alpha value is -3.92. The minimum atomic E-state index is -0.602. The molecule has 10 heteroatoms. The number of allylic oxidation sites excluding steroid dienone is 1. The lowest BCUT2D eigenvalue weighted by atomic mass is 9.95. The SMILES string of the molecule is CCOC(=O)C1=C(C)NC(=S)N[C@@H]1c1ccccc1OCC(=O)NN=Cc1ccccc1OCC. The number of esters is 1. The quantitative estimate of drug-likeness (QED) is 0.199. The van der Waals surface area contributed by atoms with Gasteiger partial charge in [0.15, 0.2) is 11.7 Å². The monoisotopic (exact) mass is 496 g/mol. The molecule has 35 heavy (non-hydrogen) atoms. The number of carbonyl (C=O) groups is 2. The van der Waals surface area contributed by atoms with Gasteiger partial charge in [-0.3, -0.25) is 4.79 Å². The van der Waals surface area contributed by atoms with Crippen LogP contribution in [0, 0.1) is 0 Å². The second-order valence-electron chi connectivity index (χ2n) is 7.38. The summed E-state index contributed by atoms with van der Waals surface area (Å²) in [4.78, 5) is 25.0. The number of amides is 1. The maximum absolute atomic E-state index is 12.6. The first-order valence-electron chi connectivity index (χ1n) is 11.1. The molecule has 9 nitrogen and oxygen atoms in total. The van der Waals surface area contributed by atoms with Crippen molar-refractivity contribution in [3.8, 4) is 11.5 Å². The van der Waals surface area contributed by atoms with E-state index in [4.69, 9.17) is 26.4 Å². The van der Waals surface area contributed by atoms with Crippen LogP contribution in [0.3, 0.4) is 0 Å². The van der Waals surface area contributed by atoms with Gasteiger partial charge in [-0.15, -0.1) is 0 Å². The highest BCUT2D eigenvalue weighted by molar-refractivity contribution is 7.80. The molecule has 0 aromatic heterocycles. The van der Waals surface area contributed by atoms with Crippen LogP contribution in [-0.4, -0.2) is 43.0 Å². The van der Waals surface area contributed by atoms with E-state index in [1.165, 1.54) is 6.21 Å². The van der Waals surface area contributed by atoms with E-state index in [1.807, 2.05) is 37.3 Å². The van der Waals surface area contributed by atoms with Crippen molar-refractivity contribution in [2.45, 2.75) is 26.8 Å². The van der Waals surface area contributed by atoms with Crippen LogP contribution in [0.2, 0.25) is 0 Å². The number of nitrogens with one attached hydrogen (secondary N) is 3. The molecule has 0 unspecified atom stereocenters. The highest BCUT2D eigenvalue weighted by Crippen LogP contribution is 2.33. The molecule has 1 heterocycles. The number of hydrazone groups is 1. The Morgan fingerprint density at radius 3 is 2.51 bits per heavy atom. The second kappa shape index (κ2) is 12.5. The van der Waals surface area contributed by atoms with Gasteiger partial charge in [-0.05, 0) is 51.2 Å². The topological polar surface area (TPSA) is 110 Å². The summed E-state index contributed by atoms with van der Waals surface area (Å²) in [6.45, 7) is 5.86. The van der Waals surface area contributed by atoms with Crippen LogP contribution in [-0.2, 0) is 14.3 Å². The number of hydrogen-bond donors (Lipinski definition) is 3. The standard InChI is InChI=1S/C25H28N4O5S/c1-4-32-19-12-8-6-10-17(19)14-26-29-21(30)15-34-20-13-9-7-11-18(20)23-22(24(31)33-5-2)16(3)27-25(35)28-23/h6-14,23H,4-5,15H2,1-3H3,(H,29,30)(H2,27,28,35)/t23-/m1/s1. The van der Waals surface area contributed by atoms with Gasteiger partial charge in [-0.2, -0.15) is 5.10 Å². The summed E-state index contributed by atoms with van der Waals surface area (Å²) in [6, 6.07) is 13.9. The molecule has 1 aliphatic heterocycles. The van der Waals surface area contributed by atoms with Gasteiger partial charge in [0, 0.05) is 16.8 Å². The summed E-state index contributed by atoms with van der Waals surface area (Å²) in [6.07, 6.45) is 1.51. The number of para-hydroxylation sites is 2. The predicted molar refractivity (Wildman–Crippen MR) is 136 cm³/mol. The molecule has 1 aliphatic rings. The van der Waals surface area contributed by atoms with Gasteiger partial charge in [0.2, 0.25) is 0 Å². The molecule has 0 fully saturated rings. The zero-order valence-electron chi connectivity index (χ0n) is 19.8. The summed E-state index contributed by atoms with van der Waals surface area (Å²) in [5.74, 6) is 0.180. The van der Waals surface area contributed by atoms with E-state index in [0.29, 0.717) is 40.1 Å². The lowest BCUT2D eigenvalue weighted by Crippen LogP contribution is -2.45. The fourth-order valence-electron chi connectivity index (χ4n) is 3.48. The van der Waals surface area contributed by atoms with Gasteiger partial charge in [-0.1, -0.05) is 30.3 Å². The summed E-state index contributed by atoms with van der Waals surface area (Å²) in [7, 11) is 0. The molecule has 0 saturated heterocycles. The normalized spacial score (nSPS) is 15.3. The van der Waals surface area contributed by atoms with Crippen molar-refractivity contribution >= 4 is 35.4 Å². The van der Waals surface area contributed by atoms with Crippen LogP contribution in [0.15, 0.2) is 64.9 Å². The zero-order valence-corrected chi connectivity index (χ0v) is 20.6. The highest BCUT2D eigenvalue weighted by atomic mass is 32.1. The Kier molecular flexibility index (Phi) is 9.19. The largest absolute Gasteiger partial charge is 0.493 e. The fraction of sp³-hybridized carbons (Fsp3) is 0.280. The van der Waals surface area contributed by atoms with Gasteiger partial charge < -0.3 is 24.8 Å². The van der Waals surface area contributed by atoms with E-state index in [9.17, 15) is 9.59 Å². The van der Waals surface area contributed by atoms with E-state index in [-0.39, 0.29) is 13.2 Å². The average molecular weight is 497 g/mol. The Bertz CT molecular complexity index is 1150. The van der Waals surface area contributed by atoms with E-state index in [0.717, 1.165) is 5.56 Å². The molecule has 3 rings (SSSR count). The minimum Gasteiger partial charge on any atom is -0.493 e. The zero-order chi connectivity index (χ0) is 25.2. The van der Waals surface area contributed by atoms with Crippen molar-refractivity contribution in [2.24, 2.45) is 5.10 Å². The van der Waals surface area contributed by atoms with Gasteiger partial charge in [-0.25, -0.2) is 10.2 Å². The Balaban J connectivity index is 1.71. The first-order valence-corrected chi connectivity index (χ1v) is 11.6. The van der Waals surface area contributed by atoms with E-state index >= 15 is 0 Å². The van der Waals surface area contributed by atoms with Gasteiger partial charge in [0.05, 0.1) is 31.0 Å². The molecule has 3 N–H and O–H groups in total. The molecule has 184 valence electrons. The molecular formula is C25H28N4O5S. The van der Waals surface area contributed by atoms with Crippen molar-refractivity contribution in [3.63, 3.8) is 0 Å². The Labute approximate surface area is 209 Å². The molecule has 0 aliphatic carbocycles. The van der Waals surface area contributed by atoms with Crippen LogP contribution in [0.4, 0.5) is 0 Å². The van der Waals surface area contributed by atoms with Crippen LogP contribution in [0.25, 0.3) is 0 Å². The molecular weight excluding hydrogens is 468 g/mol. The number of carbonyl (C=O) groups excluding carboxylic acids is 2. The number of hydrogen-bond acceptors (Lipinski definition) is 7. The maximum atomic E-state index is 12.6. The number of ether oxygens (including phenoxy) is 3. The third-order valence-corrected chi connectivity index (χ3v) is 5.18. The molecule has 0 radical (unpaired) electrons. The van der Waals surface area contributed by atoms with Crippen LogP contribution < -0.4 is 25.5 Å². The van der Waals surface area contributed by atoms with E-state index in [2.05, 4.69) is 21.2 Å². The number of thiocarbonyl (C=S) groups is 1. The third-order valence-electron chi connectivity index (χ3n) is 4.97. The van der Waals surface area contributed by atoms with E-state index in [1.54, 1.807) is 32.0 Å². The van der Waals surface area contributed by atoms with Crippen molar-refractivity contribution < 1.29 is 23.8 Å². The first kappa shape index (κ1) is 25.7. The molecule has 0 spiro atoms. The van der Waals surface area contributed by atoms with Crippen molar-refractivity contribution in [2.75, 3.05) is 19.8 Å². The Morgan fingerprint density at radius 1 is 1.06 bits per heavy atom. The lowest BCUT2D eigenvalue weighted by molar-refractivity contribution is -0.139. The summed E-state index contributed by atoms with van der Waals surface area (Å²) >= 11 is 5.29. The summed E-state index contributed by atoms with van der Waals surface area (Å²) in [5.41, 5.74) is 4.80. The first-order chi connectivity index (χ1) is 16.9. The summed E-state index contributed by atoms with van der Waals surface area (Å²) in [5, 5.41) is 10.4. The number of rotatable bonds is 10. The molecule has 1 atom stereocenters. The molecule has 1 amide bonds. The predicted octanol–water partition coefficient (Wildman–Crippen LogP) is 2.97. The van der Waals surface area contributed by atoms with E-state index < -0.39 is 17.9 Å². The number of benzene rings is 2. The van der Waals surface area contributed by atoms with Crippen molar-refractivity contribution in [1.29, 1.82) is 0 Å². The number of nitrogens with zero attached hydrogens (tertiary/aromatic N) is 1. The van der Waals surface area contributed by atoms with Crippen molar-refractivity contribution in [3.05, 3.63) is 70.9 Å². The lowest BCUT2D eigenvalue weighted by Gasteiger charge is -2.30. The van der Waals surface area contributed by atoms with Gasteiger partial charge in [0.1, 0.15) is 11.5 Å². The Morgan fingerprint density at radius 2 is 1.77 bits per heavy atom. The summed E-state index contributed by atoms with van der Waals surface area (Å²) < 4.78 is 16.6. The smallest absolute Gasteiger partial charge is 0.338 e. The second-order valence-corrected chi connectivity index (χ2v) is 7.79. The van der Waals surface area contributed by atoms with Gasteiger partial charge in [0.25, 0.3) is 5.91 Å². The van der Waals surface area contributed by atoms with Crippen LogP contribution >= 0.6 is 12.2 Å². The minimum absolute atomic E-state index is 0.237.